The Kier molecular flexibility index (Phi) is 7.99. The van der Waals surface area contributed by atoms with E-state index in [9.17, 15) is 9.59 Å². The highest BCUT2D eigenvalue weighted by Gasteiger charge is 2.30. The summed E-state index contributed by atoms with van der Waals surface area (Å²) >= 11 is 0. The first-order chi connectivity index (χ1) is 11.6. The molecule has 2 saturated heterocycles. The van der Waals surface area contributed by atoms with Gasteiger partial charge in [0.15, 0.2) is 0 Å². The lowest BCUT2D eigenvalue weighted by atomic mass is 9.92. The summed E-state index contributed by atoms with van der Waals surface area (Å²) in [5.41, 5.74) is 0. The third-order valence-electron chi connectivity index (χ3n) is 5.50. The molecule has 0 aromatic carbocycles. The van der Waals surface area contributed by atoms with Crippen LogP contribution in [0.15, 0.2) is 0 Å². The van der Waals surface area contributed by atoms with Gasteiger partial charge in [0.2, 0.25) is 11.8 Å². The molecule has 2 N–H and O–H groups in total. The second kappa shape index (κ2) is 9.99. The van der Waals surface area contributed by atoms with Crippen LogP contribution in [-0.2, 0) is 9.59 Å². The molecule has 2 aliphatic rings. The van der Waals surface area contributed by atoms with Crippen LogP contribution in [-0.4, -0.2) is 74.5 Å². The second-order valence-corrected chi connectivity index (χ2v) is 7.13. The standard InChI is InChI=1S/C18H34N4O2/c1-3-21-10-7-16(8-11-21)18(24)22-12-5-15(6-13-22)14-20-17(23)4-9-19-2/h15-16,19H,3-14H2,1-2H3,(H,20,23). The Morgan fingerprint density at radius 3 is 2.29 bits per heavy atom. The fourth-order valence-corrected chi connectivity index (χ4v) is 3.70. The monoisotopic (exact) mass is 338 g/mol. The molecular formula is C18H34N4O2. The fourth-order valence-electron chi connectivity index (χ4n) is 3.70. The van der Waals surface area contributed by atoms with Crippen LogP contribution in [0.25, 0.3) is 0 Å². The van der Waals surface area contributed by atoms with Crippen molar-refractivity contribution in [3.05, 3.63) is 0 Å². The number of hydrogen-bond acceptors (Lipinski definition) is 4. The third-order valence-corrected chi connectivity index (χ3v) is 5.50. The van der Waals surface area contributed by atoms with Crippen molar-refractivity contribution >= 4 is 11.8 Å². The van der Waals surface area contributed by atoms with Crippen molar-refractivity contribution in [2.75, 3.05) is 52.9 Å². The molecule has 0 spiro atoms. The zero-order valence-electron chi connectivity index (χ0n) is 15.4. The van der Waals surface area contributed by atoms with E-state index in [2.05, 4.69) is 27.4 Å². The van der Waals surface area contributed by atoms with Gasteiger partial charge >= 0.3 is 0 Å². The molecule has 6 nitrogen and oxygen atoms in total. The van der Waals surface area contributed by atoms with Crippen molar-refractivity contribution in [1.29, 1.82) is 0 Å². The van der Waals surface area contributed by atoms with Crippen LogP contribution in [0.3, 0.4) is 0 Å². The molecule has 0 radical (unpaired) electrons. The quantitative estimate of drug-likeness (QED) is 0.717. The molecule has 0 unspecified atom stereocenters. The Bertz CT molecular complexity index is 400. The molecule has 24 heavy (non-hydrogen) atoms. The second-order valence-electron chi connectivity index (χ2n) is 7.13. The molecule has 2 aliphatic heterocycles. The lowest BCUT2D eigenvalue weighted by Gasteiger charge is -2.37. The maximum atomic E-state index is 12.7. The minimum atomic E-state index is 0.116. The lowest BCUT2D eigenvalue weighted by molar-refractivity contribution is -0.138. The van der Waals surface area contributed by atoms with Crippen LogP contribution < -0.4 is 10.6 Å². The first-order valence-corrected chi connectivity index (χ1v) is 9.56. The normalized spacial score (nSPS) is 21.0. The summed E-state index contributed by atoms with van der Waals surface area (Å²) in [6, 6.07) is 0. The number of likely N-dealkylation sites (tertiary alicyclic amines) is 2. The van der Waals surface area contributed by atoms with Gasteiger partial charge in [0, 0.05) is 38.5 Å². The average molecular weight is 338 g/mol. The van der Waals surface area contributed by atoms with Crippen LogP contribution in [0.1, 0.15) is 39.0 Å². The molecule has 6 heteroatoms. The summed E-state index contributed by atoms with van der Waals surface area (Å²) in [5, 5.41) is 6.00. The Morgan fingerprint density at radius 1 is 1.04 bits per heavy atom. The molecule has 2 rings (SSSR count). The molecule has 0 saturated carbocycles. The van der Waals surface area contributed by atoms with E-state index in [1.54, 1.807) is 0 Å². The summed E-state index contributed by atoms with van der Waals surface area (Å²) in [4.78, 5) is 28.8. The van der Waals surface area contributed by atoms with Gasteiger partial charge in [0.25, 0.3) is 0 Å². The SMILES string of the molecule is CCN1CCC(C(=O)N2CCC(CNC(=O)CCNC)CC2)CC1. The molecule has 2 amide bonds. The lowest BCUT2D eigenvalue weighted by Crippen LogP contribution is -2.46. The van der Waals surface area contributed by atoms with E-state index < -0.39 is 0 Å². The van der Waals surface area contributed by atoms with Crippen molar-refractivity contribution in [3.8, 4) is 0 Å². The van der Waals surface area contributed by atoms with Gasteiger partial charge in [-0.1, -0.05) is 6.92 Å². The summed E-state index contributed by atoms with van der Waals surface area (Å²) in [6.45, 7) is 8.56. The van der Waals surface area contributed by atoms with E-state index in [1.165, 1.54) is 0 Å². The van der Waals surface area contributed by atoms with E-state index in [4.69, 9.17) is 0 Å². The molecule has 0 aliphatic carbocycles. The van der Waals surface area contributed by atoms with Crippen LogP contribution in [0.5, 0.6) is 0 Å². The topological polar surface area (TPSA) is 64.7 Å². The van der Waals surface area contributed by atoms with Crippen LogP contribution in [0.2, 0.25) is 0 Å². The minimum absolute atomic E-state index is 0.116. The summed E-state index contributed by atoms with van der Waals surface area (Å²) < 4.78 is 0. The van der Waals surface area contributed by atoms with Gasteiger partial charge in [0.05, 0.1) is 0 Å². The maximum Gasteiger partial charge on any atom is 0.225 e. The first-order valence-electron chi connectivity index (χ1n) is 9.56. The van der Waals surface area contributed by atoms with Gasteiger partial charge in [-0.25, -0.2) is 0 Å². The van der Waals surface area contributed by atoms with Crippen LogP contribution in [0.4, 0.5) is 0 Å². The Hall–Kier alpha value is -1.14. The van der Waals surface area contributed by atoms with Gasteiger partial charge < -0.3 is 20.4 Å². The highest BCUT2D eigenvalue weighted by Crippen LogP contribution is 2.23. The van der Waals surface area contributed by atoms with Crippen molar-refractivity contribution in [2.45, 2.75) is 39.0 Å². The van der Waals surface area contributed by atoms with E-state index in [1.807, 2.05) is 7.05 Å². The van der Waals surface area contributed by atoms with Gasteiger partial charge in [0.1, 0.15) is 0 Å². The number of nitrogens with one attached hydrogen (secondary N) is 2. The molecule has 0 atom stereocenters. The minimum Gasteiger partial charge on any atom is -0.356 e. The predicted molar refractivity (Wildman–Crippen MR) is 95.7 cm³/mol. The van der Waals surface area contributed by atoms with Gasteiger partial charge in [-0.05, 0) is 58.3 Å². The Morgan fingerprint density at radius 2 is 1.71 bits per heavy atom. The molecule has 2 fully saturated rings. The van der Waals surface area contributed by atoms with E-state index in [0.717, 1.165) is 71.5 Å². The number of piperidine rings is 2. The smallest absolute Gasteiger partial charge is 0.225 e. The van der Waals surface area contributed by atoms with Crippen molar-refractivity contribution < 1.29 is 9.59 Å². The molecule has 0 bridgehead atoms. The fraction of sp³-hybridized carbons (Fsp3) is 0.889. The summed E-state index contributed by atoms with van der Waals surface area (Å²) in [6.07, 6.45) is 4.56. The summed E-state index contributed by atoms with van der Waals surface area (Å²) in [7, 11) is 1.85. The van der Waals surface area contributed by atoms with Gasteiger partial charge in [-0.3, -0.25) is 9.59 Å². The van der Waals surface area contributed by atoms with Crippen LogP contribution >= 0.6 is 0 Å². The third kappa shape index (κ3) is 5.74. The zero-order chi connectivity index (χ0) is 17.4. The number of nitrogens with zero attached hydrogens (tertiary/aromatic N) is 2. The zero-order valence-corrected chi connectivity index (χ0v) is 15.4. The molecule has 2 heterocycles. The van der Waals surface area contributed by atoms with E-state index in [-0.39, 0.29) is 11.8 Å². The van der Waals surface area contributed by atoms with Crippen molar-refractivity contribution in [1.82, 2.24) is 20.4 Å². The number of carbonyl (C=O) groups excluding carboxylic acids is 2. The average Bonchev–Trinajstić information content (AvgIpc) is 2.64. The number of rotatable bonds is 7. The molecular weight excluding hydrogens is 304 g/mol. The largest absolute Gasteiger partial charge is 0.356 e. The molecule has 0 aromatic rings. The van der Waals surface area contributed by atoms with E-state index >= 15 is 0 Å². The molecule has 0 aromatic heterocycles. The highest BCUT2D eigenvalue weighted by molar-refractivity contribution is 5.79. The summed E-state index contributed by atoms with van der Waals surface area (Å²) in [5.74, 6) is 1.22. The predicted octanol–water partition coefficient (Wildman–Crippen LogP) is 0.683. The van der Waals surface area contributed by atoms with Crippen molar-refractivity contribution in [2.24, 2.45) is 11.8 Å². The molecule has 138 valence electrons. The Labute approximate surface area is 146 Å². The highest BCUT2D eigenvalue weighted by atomic mass is 16.2. The van der Waals surface area contributed by atoms with Crippen molar-refractivity contribution in [3.63, 3.8) is 0 Å². The van der Waals surface area contributed by atoms with Gasteiger partial charge in [-0.15, -0.1) is 0 Å². The number of hydrogen-bond donors (Lipinski definition) is 2. The Balaban J connectivity index is 1.65. The number of amides is 2. The van der Waals surface area contributed by atoms with Crippen LogP contribution in [0, 0.1) is 11.8 Å². The number of carbonyl (C=O) groups is 2. The first kappa shape index (κ1) is 19.2. The maximum absolute atomic E-state index is 12.7. The van der Waals surface area contributed by atoms with E-state index in [0.29, 0.717) is 18.2 Å². The van der Waals surface area contributed by atoms with Gasteiger partial charge in [-0.2, -0.15) is 0 Å².